The molecule has 15 heavy (non-hydrogen) atoms. The van der Waals surface area contributed by atoms with Gasteiger partial charge in [-0.05, 0) is 13.3 Å². The summed E-state index contributed by atoms with van der Waals surface area (Å²) >= 11 is 0. The standard InChI is InChI=1S/C11H18O4/c1-4-14-11(13)9-5-8(9)6-15-10(12)7(2)3/h7-9H,4-6H2,1-3H3. The zero-order chi connectivity index (χ0) is 11.4. The van der Waals surface area contributed by atoms with Gasteiger partial charge in [0.15, 0.2) is 0 Å². The molecule has 0 aromatic carbocycles. The van der Waals surface area contributed by atoms with Crippen molar-refractivity contribution in [2.24, 2.45) is 17.8 Å². The van der Waals surface area contributed by atoms with Gasteiger partial charge in [-0.1, -0.05) is 13.8 Å². The zero-order valence-electron chi connectivity index (χ0n) is 9.49. The fourth-order valence-corrected chi connectivity index (χ4v) is 1.33. The van der Waals surface area contributed by atoms with Gasteiger partial charge in [-0.15, -0.1) is 0 Å². The molecule has 0 aliphatic heterocycles. The number of ether oxygens (including phenoxy) is 2. The smallest absolute Gasteiger partial charge is 0.309 e. The lowest BCUT2D eigenvalue weighted by Gasteiger charge is -2.06. The first-order valence-electron chi connectivity index (χ1n) is 5.39. The van der Waals surface area contributed by atoms with Crippen LogP contribution in [0, 0.1) is 17.8 Å². The number of rotatable bonds is 5. The Morgan fingerprint density at radius 2 is 2.00 bits per heavy atom. The maximum Gasteiger partial charge on any atom is 0.309 e. The highest BCUT2D eigenvalue weighted by Crippen LogP contribution is 2.39. The van der Waals surface area contributed by atoms with E-state index in [1.54, 1.807) is 20.8 Å². The van der Waals surface area contributed by atoms with Crippen molar-refractivity contribution in [1.82, 2.24) is 0 Å². The first kappa shape index (κ1) is 12.0. The lowest BCUT2D eigenvalue weighted by Crippen LogP contribution is -2.15. The van der Waals surface area contributed by atoms with E-state index < -0.39 is 0 Å². The number of carbonyl (C=O) groups is 2. The molecule has 1 aliphatic carbocycles. The first-order chi connectivity index (χ1) is 7.06. The maximum absolute atomic E-state index is 11.2. The van der Waals surface area contributed by atoms with E-state index in [1.165, 1.54) is 0 Å². The Morgan fingerprint density at radius 3 is 2.53 bits per heavy atom. The molecule has 0 spiro atoms. The number of carbonyl (C=O) groups excluding carboxylic acids is 2. The summed E-state index contributed by atoms with van der Waals surface area (Å²) in [6.07, 6.45) is 0.782. The minimum atomic E-state index is -0.204. The molecule has 0 saturated heterocycles. The highest BCUT2D eigenvalue weighted by molar-refractivity contribution is 5.76. The molecular formula is C11H18O4. The normalized spacial score (nSPS) is 23.7. The summed E-state index contributed by atoms with van der Waals surface area (Å²) in [6, 6.07) is 0. The predicted molar refractivity (Wildman–Crippen MR) is 54.0 cm³/mol. The van der Waals surface area contributed by atoms with Crippen molar-refractivity contribution < 1.29 is 19.1 Å². The molecule has 86 valence electrons. The van der Waals surface area contributed by atoms with Crippen LogP contribution in [-0.4, -0.2) is 25.2 Å². The Balaban J connectivity index is 2.17. The summed E-state index contributed by atoms with van der Waals surface area (Å²) in [5.41, 5.74) is 0. The lowest BCUT2D eigenvalue weighted by molar-refractivity contribution is -0.150. The Bertz CT molecular complexity index is 247. The Morgan fingerprint density at radius 1 is 1.33 bits per heavy atom. The maximum atomic E-state index is 11.2. The van der Waals surface area contributed by atoms with Crippen LogP contribution in [0.5, 0.6) is 0 Å². The van der Waals surface area contributed by atoms with E-state index in [-0.39, 0.29) is 29.7 Å². The van der Waals surface area contributed by atoms with Crippen LogP contribution in [-0.2, 0) is 19.1 Å². The number of hydrogen-bond donors (Lipinski definition) is 0. The zero-order valence-corrected chi connectivity index (χ0v) is 9.49. The van der Waals surface area contributed by atoms with E-state index in [1.807, 2.05) is 0 Å². The molecule has 1 saturated carbocycles. The molecule has 0 amide bonds. The molecule has 2 atom stereocenters. The Hall–Kier alpha value is -1.06. The van der Waals surface area contributed by atoms with Crippen molar-refractivity contribution >= 4 is 11.9 Å². The molecule has 1 rings (SSSR count). The Kier molecular flexibility index (Phi) is 4.12. The van der Waals surface area contributed by atoms with Crippen LogP contribution in [0.2, 0.25) is 0 Å². The first-order valence-corrected chi connectivity index (χ1v) is 5.39. The molecule has 0 bridgehead atoms. The molecule has 2 unspecified atom stereocenters. The van der Waals surface area contributed by atoms with Crippen LogP contribution < -0.4 is 0 Å². The minimum Gasteiger partial charge on any atom is -0.466 e. The van der Waals surface area contributed by atoms with Crippen LogP contribution >= 0.6 is 0 Å². The average molecular weight is 214 g/mol. The van der Waals surface area contributed by atoms with E-state index in [0.717, 1.165) is 6.42 Å². The topological polar surface area (TPSA) is 52.6 Å². The molecule has 4 heteroatoms. The molecular weight excluding hydrogens is 196 g/mol. The summed E-state index contributed by atoms with van der Waals surface area (Å²) < 4.78 is 9.91. The molecule has 0 aromatic heterocycles. The highest BCUT2D eigenvalue weighted by Gasteiger charge is 2.44. The van der Waals surface area contributed by atoms with E-state index in [2.05, 4.69) is 0 Å². The third kappa shape index (κ3) is 3.53. The average Bonchev–Trinajstić information content (AvgIpc) is 2.93. The van der Waals surface area contributed by atoms with E-state index in [4.69, 9.17) is 9.47 Å². The van der Waals surface area contributed by atoms with Crippen molar-refractivity contribution in [3.63, 3.8) is 0 Å². The molecule has 0 radical (unpaired) electrons. The second kappa shape index (κ2) is 5.14. The monoisotopic (exact) mass is 214 g/mol. The van der Waals surface area contributed by atoms with Crippen molar-refractivity contribution in [2.75, 3.05) is 13.2 Å². The fraction of sp³-hybridized carbons (Fsp3) is 0.818. The number of hydrogen-bond acceptors (Lipinski definition) is 4. The fourth-order valence-electron chi connectivity index (χ4n) is 1.33. The van der Waals surface area contributed by atoms with Gasteiger partial charge >= 0.3 is 11.9 Å². The summed E-state index contributed by atoms with van der Waals surface area (Å²) in [5.74, 6) is -0.353. The van der Waals surface area contributed by atoms with Gasteiger partial charge in [0.2, 0.25) is 0 Å². The molecule has 0 heterocycles. The molecule has 0 aromatic rings. The molecule has 1 fully saturated rings. The van der Waals surface area contributed by atoms with Gasteiger partial charge in [-0.2, -0.15) is 0 Å². The van der Waals surface area contributed by atoms with Crippen LogP contribution in [0.15, 0.2) is 0 Å². The molecule has 1 aliphatic rings. The number of esters is 2. The summed E-state index contributed by atoms with van der Waals surface area (Å²) in [7, 11) is 0. The summed E-state index contributed by atoms with van der Waals surface area (Å²) in [4.78, 5) is 22.4. The summed E-state index contributed by atoms with van der Waals surface area (Å²) in [5, 5.41) is 0. The van der Waals surface area contributed by atoms with Gasteiger partial charge < -0.3 is 9.47 Å². The van der Waals surface area contributed by atoms with Gasteiger partial charge in [0.25, 0.3) is 0 Å². The lowest BCUT2D eigenvalue weighted by atomic mass is 10.2. The second-order valence-corrected chi connectivity index (χ2v) is 4.14. The third-order valence-corrected chi connectivity index (χ3v) is 2.42. The van der Waals surface area contributed by atoms with Crippen LogP contribution in [0.3, 0.4) is 0 Å². The summed E-state index contributed by atoms with van der Waals surface area (Å²) in [6.45, 7) is 6.12. The quantitative estimate of drug-likeness (QED) is 0.649. The van der Waals surface area contributed by atoms with Crippen molar-refractivity contribution in [3.05, 3.63) is 0 Å². The van der Waals surface area contributed by atoms with Gasteiger partial charge in [0, 0.05) is 5.92 Å². The van der Waals surface area contributed by atoms with Gasteiger partial charge in [-0.3, -0.25) is 9.59 Å². The van der Waals surface area contributed by atoms with Crippen LogP contribution in [0.4, 0.5) is 0 Å². The Labute approximate surface area is 89.9 Å². The van der Waals surface area contributed by atoms with Crippen molar-refractivity contribution in [2.45, 2.75) is 27.2 Å². The highest BCUT2D eigenvalue weighted by atomic mass is 16.5. The van der Waals surface area contributed by atoms with E-state index >= 15 is 0 Å². The van der Waals surface area contributed by atoms with Gasteiger partial charge in [-0.25, -0.2) is 0 Å². The van der Waals surface area contributed by atoms with Crippen molar-refractivity contribution in [3.8, 4) is 0 Å². The largest absolute Gasteiger partial charge is 0.466 e. The molecule has 0 N–H and O–H groups in total. The minimum absolute atomic E-state index is 0.0510. The second-order valence-electron chi connectivity index (χ2n) is 4.14. The SMILES string of the molecule is CCOC(=O)C1CC1COC(=O)C(C)C. The predicted octanol–water partition coefficient (Wildman–Crippen LogP) is 1.38. The van der Waals surface area contributed by atoms with Crippen LogP contribution in [0.1, 0.15) is 27.2 Å². The third-order valence-electron chi connectivity index (χ3n) is 2.42. The van der Waals surface area contributed by atoms with Crippen molar-refractivity contribution in [1.29, 1.82) is 0 Å². The van der Waals surface area contributed by atoms with E-state index in [0.29, 0.717) is 13.2 Å². The van der Waals surface area contributed by atoms with Gasteiger partial charge in [0.05, 0.1) is 25.0 Å². The van der Waals surface area contributed by atoms with E-state index in [9.17, 15) is 9.59 Å². The van der Waals surface area contributed by atoms with Gasteiger partial charge in [0.1, 0.15) is 0 Å². The molecule has 4 nitrogen and oxygen atoms in total. The van der Waals surface area contributed by atoms with Crippen LogP contribution in [0.25, 0.3) is 0 Å².